The predicted molar refractivity (Wildman–Crippen MR) is 120 cm³/mol. The fourth-order valence-corrected chi connectivity index (χ4v) is 4.83. The van der Waals surface area contributed by atoms with Gasteiger partial charge in [0.15, 0.2) is 4.34 Å². The molecule has 0 radical (unpaired) electrons. The quantitative estimate of drug-likeness (QED) is 0.572. The highest BCUT2D eigenvalue weighted by Gasteiger charge is 2.25. The molecule has 10 heteroatoms. The zero-order valence-corrected chi connectivity index (χ0v) is 18.2. The molecule has 2 amide bonds. The molecule has 1 N–H and O–H groups in total. The number of anilines is 2. The van der Waals surface area contributed by atoms with Crippen LogP contribution >= 0.6 is 23.1 Å². The number of rotatable bonds is 6. The largest absolute Gasteiger partial charge is 0.343 e. The lowest BCUT2D eigenvalue weighted by Gasteiger charge is -2.34. The Hall–Kier alpha value is -2.98. The van der Waals surface area contributed by atoms with Crippen molar-refractivity contribution in [2.45, 2.75) is 4.34 Å². The maximum absolute atomic E-state index is 13.9. The fraction of sp³-hybridized carbons (Fsp3) is 0.238. The molecule has 0 bridgehead atoms. The summed E-state index contributed by atoms with van der Waals surface area (Å²) < 4.78 is 14.6. The molecule has 1 aliphatic rings. The predicted octanol–water partition coefficient (Wildman–Crippen LogP) is 3.37. The molecule has 0 atom stereocenters. The molecule has 1 fully saturated rings. The van der Waals surface area contributed by atoms with Crippen LogP contribution in [0.4, 0.5) is 15.2 Å². The van der Waals surface area contributed by atoms with Crippen LogP contribution in [0.1, 0.15) is 10.4 Å². The summed E-state index contributed by atoms with van der Waals surface area (Å²) in [5.41, 5.74) is 0.855. The van der Waals surface area contributed by atoms with E-state index >= 15 is 0 Å². The summed E-state index contributed by atoms with van der Waals surface area (Å²) in [5.74, 6) is -0.657. The first kappa shape index (κ1) is 21.3. The zero-order chi connectivity index (χ0) is 21.6. The molecule has 160 valence electrons. The number of thioether (sulfide) groups is 1. The standard InChI is InChI=1S/C21H20FN5O2S2/c22-17-9-5-4-8-16(17)19(29)26-10-12-27(13-11-26)20-24-25-21(31-20)30-14-18(28)23-15-6-2-1-3-7-15/h1-9H,10-14H2,(H,23,28). The van der Waals surface area contributed by atoms with Gasteiger partial charge in [0.05, 0.1) is 11.3 Å². The van der Waals surface area contributed by atoms with E-state index < -0.39 is 5.82 Å². The van der Waals surface area contributed by atoms with Crippen molar-refractivity contribution in [1.82, 2.24) is 15.1 Å². The molecule has 1 aliphatic heterocycles. The molecule has 0 spiro atoms. The van der Waals surface area contributed by atoms with E-state index in [9.17, 15) is 14.0 Å². The molecular formula is C21H20FN5O2S2. The molecule has 0 aliphatic carbocycles. The van der Waals surface area contributed by atoms with Gasteiger partial charge in [0, 0.05) is 31.9 Å². The van der Waals surface area contributed by atoms with Gasteiger partial charge in [0.25, 0.3) is 5.91 Å². The van der Waals surface area contributed by atoms with Crippen LogP contribution in [0.3, 0.4) is 0 Å². The molecule has 1 saturated heterocycles. The topological polar surface area (TPSA) is 78.4 Å². The number of nitrogens with zero attached hydrogens (tertiary/aromatic N) is 4. The van der Waals surface area contributed by atoms with Gasteiger partial charge in [-0.1, -0.05) is 53.4 Å². The smallest absolute Gasteiger partial charge is 0.256 e. The van der Waals surface area contributed by atoms with Crippen molar-refractivity contribution < 1.29 is 14.0 Å². The van der Waals surface area contributed by atoms with E-state index in [4.69, 9.17) is 0 Å². The highest BCUT2D eigenvalue weighted by atomic mass is 32.2. The second-order valence-electron chi connectivity index (χ2n) is 6.81. The molecular weight excluding hydrogens is 437 g/mol. The number of hydrogen-bond donors (Lipinski definition) is 1. The number of carbonyl (C=O) groups excluding carboxylic acids is 2. The number of hydrogen-bond acceptors (Lipinski definition) is 7. The minimum atomic E-state index is -0.503. The second kappa shape index (κ2) is 9.88. The third-order valence-corrected chi connectivity index (χ3v) is 6.84. The minimum Gasteiger partial charge on any atom is -0.343 e. The Kier molecular flexibility index (Phi) is 6.78. The van der Waals surface area contributed by atoms with Gasteiger partial charge in [-0.2, -0.15) is 0 Å². The molecule has 0 unspecified atom stereocenters. The van der Waals surface area contributed by atoms with Crippen LogP contribution in [0.5, 0.6) is 0 Å². The summed E-state index contributed by atoms with van der Waals surface area (Å²) in [6, 6.07) is 15.3. The highest BCUT2D eigenvalue weighted by molar-refractivity contribution is 8.01. The summed E-state index contributed by atoms with van der Waals surface area (Å²) >= 11 is 2.76. The van der Waals surface area contributed by atoms with Crippen LogP contribution in [0, 0.1) is 5.82 Å². The van der Waals surface area contributed by atoms with E-state index in [1.807, 2.05) is 30.3 Å². The van der Waals surface area contributed by atoms with E-state index in [0.29, 0.717) is 30.5 Å². The van der Waals surface area contributed by atoms with Gasteiger partial charge in [-0.15, -0.1) is 10.2 Å². The normalized spacial score (nSPS) is 13.8. The first-order valence-electron chi connectivity index (χ1n) is 9.70. The molecule has 7 nitrogen and oxygen atoms in total. The SMILES string of the molecule is O=C(CSc1nnc(N2CCN(C(=O)c3ccccc3F)CC2)s1)Nc1ccccc1. The number of aromatic nitrogens is 2. The van der Waals surface area contributed by atoms with Crippen molar-refractivity contribution in [2.24, 2.45) is 0 Å². The first-order valence-corrected chi connectivity index (χ1v) is 11.5. The summed E-state index contributed by atoms with van der Waals surface area (Å²) in [6.07, 6.45) is 0. The summed E-state index contributed by atoms with van der Waals surface area (Å²) in [4.78, 5) is 28.3. The van der Waals surface area contributed by atoms with Gasteiger partial charge in [0.2, 0.25) is 11.0 Å². The van der Waals surface area contributed by atoms with Crippen LogP contribution in [-0.2, 0) is 4.79 Å². The second-order valence-corrected chi connectivity index (χ2v) is 8.99. The number of carbonyl (C=O) groups is 2. The maximum atomic E-state index is 13.9. The minimum absolute atomic E-state index is 0.0966. The average molecular weight is 458 g/mol. The lowest BCUT2D eigenvalue weighted by molar-refractivity contribution is -0.113. The highest BCUT2D eigenvalue weighted by Crippen LogP contribution is 2.29. The summed E-state index contributed by atoms with van der Waals surface area (Å²) in [7, 11) is 0. The molecule has 1 aromatic heterocycles. The van der Waals surface area contributed by atoms with E-state index in [2.05, 4.69) is 20.4 Å². The Morgan fingerprint density at radius 1 is 1.00 bits per heavy atom. The van der Waals surface area contributed by atoms with Crippen LogP contribution < -0.4 is 10.2 Å². The Balaban J connectivity index is 1.27. The summed E-state index contributed by atoms with van der Waals surface area (Å²) in [6.45, 7) is 2.14. The molecule has 3 aromatic rings. The zero-order valence-electron chi connectivity index (χ0n) is 16.5. The number of benzene rings is 2. The van der Waals surface area contributed by atoms with Crippen molar-refractivity contribution in [3.05, 3.63) is 66.0 Å². The van der Waals surface area contributed by atoms with E-state index in [1.54, 1.807) is 17.0 Å². The van der Waals surface area contributed by atoms with Crippen molar-refractivity contribution in [3.63, 3.8) is 0 Å². The van der Waals surface area contributed by atoms with Gasteiger partial charge >= 0.3 is 0 Å². The van der Waals surface area contributed by atoms with Gasteiger partial charge < -0.3 is 15.1 Å². The molecule has 2 aromatic carbocycles. The monoisotopic (exact) mass is 457 g/mol. The van der Waals surface area contributed by atoms with Crippen molar-refractivity contribution in [1.29, 1.82) is 0 Å². The third kappa shape index (κ3) is 5.39. The van der Waals surface area contributed by atoms with Crippen molar-refractivity contribution >= 4 is 45.7 Å². The van der Waals surface area contributed by atoms with Gasteiger partial charge in [-0.3, -0.25) is 9.59 Å². The third-order valence-electron chi connectivity index (χ3n) is 4.72. The Labute approximate surface area is 187 Å². The lowest BCUT2D eigenvalue weighted by atomic mass is 10.1. The van der Waals surface area contributed by atoms with E-state index in [-0.39, 0.29) is 23.1 Å². The maximum Gasteiger partial charge on any atom is 0.256 e. The first-order chi connectivity index (χ1) is 15.1. The molecule has 4 rings (SSSR count). The number of piperazine rings is 1. The fourth-order valence-electron chi connectivity index (χ4n) is 3.14. The molecule has 31 heavy (non-hydrogen) atoms. The van der Waals surface area contributed by atoms with Crippen molar-refractivity contribution in [2.75, 3.05) is 42.1 Å². The number of amides is 2. The van der Waals surface area contributed by atoms with Crippen molar-refractivity contribution in [3.8, 4) is 0 Å². The van der Waals surface area contributed by atoms with E-state index in [0.717, 1.165) is 10.8 Å². The Morgan fingerprint density at radius 2 is 1.71 bits per heavy atom. The summed E-state index contributed by atoms with van der Waals surface area (Å²) in [5, 5.41) is 12.0. The van der Waals surface area contributed by atoms with Crippen LogP contribution in [0.15, 0.2) is 58.9 Å². The van der Waals surface area contributed by atoms with Gasteiger partial charge in [0.1, 0.15) is 5.82 Å². The number of halogens is 1. The molecule has 2 heterocycles. The Bertz CT molecular complexity index is 1050. The number of para-hydroxylation sites is 1. The molecule has 0 saturated carbocycles. The van der Waals surface area contributed by atoms with Gasteiger partial charge in [-0.05, 0) is 24.3 Å². The van der Waals surface area contributed by atoms with Crippen LogP contribution in [-0.4, -0.2) is 58.8 Å². The van der Waals surface area contributed by atoms with Crippen LogP contribution in [0.25, 0.3) is 0 Å². The number of nitrogens with one attached hydrogen (secondary N) is 1. The lowest BCUT2D eigenvalue weighted by Crippen LogP contribution is -2.49. The van der Waals surface area contributed by atoms with E-state index in [1.165, 1.54) is 35.2 Å². The Morgan fingerprint density at radius 3 is 2.45 bits per heavy atom. The van der Waals surface area contributed by atoms with Crippen LogP contribution in [0.2, 0.25) is 0 Å². The van der Waals surface area contributed by atoms with Gasteiger partial charge in [-0.25, -0.2) is 4.39 Å². The average Bonchev–Trinajstić information content (AvgIpc) is 3.28.